The highest BCUT2D eigenvalue weighted by atomic mass is 19.1. The zero-order valence-electron chi connectivity index (χ0n) is 20.6. The summed E-state index contributed by atoms with van der Waals surface area (Å²) in [5.41, 5.74) is 0.551. The number of carbonyl (C=O) groups excluding carboxylic acids is 3. The van der Waals surface area contributed by atoms with Crippen LogP contribution in [0.1, 0.15) is 71.0 Å². The number of aromatic nitrogens is 2. The number of benzene rings is 1. The van der Waals surface area contributed by atoms with E-state index in [2.05, 4.69) is 15.3 Å². The van der Waals surface area contributed by atoms with E-state index in [1.54, 1.807) is 11.8 Å². The fourth-order valence-electron chi connectivity index (χ4n) is 4.17. The molecular weight excluding hydrogens is 454 g/mol. The van der Waals surface area contributed by atoms with Crippen molar-refractivity contribution >= 4 is 17.6 Å². The number of likely N-dealkylation sites (tertiary alicyclic amines) is 1. The van der Waals surface area contributed by atoms with Crippen molar-refractivity contribution < 1.29 is 23.2 Å². The fraction of sp³-hybridized carbons (Fsp3) is 0.538. The minimum atomic E-state index is -0.908. The lowest BCUT2D eigenvalue weighted by Crippen LogP contribution is -2.45. The molecule has 2 heterocycles. The first-order valence-electron chi connectivity index (χ1n) is 12.2. The molecule has 0 saturated carbocycles. The maximum absolute atomic E-state index is 14.1. The quantitative estimate of drug-likeness (QED) is 0.492. The maximum atomic E-state index is 14.1. The normalized spacial score (nSPS) is 15.3. The summed E-state index contributed by atoms with van der Waals surface area (Å²) in [5, 5.41) is 2.78. The maximum Gasteiger partial charge on any atom is 0.225 e. The molecule has 2 amide bonds. The van der Waals surface area contributed by atoms with Crippen LogP contribution in [0.3, 0.4) is 0 Å². The summed E-state index contributed by atoms with van der Waals surface area (Å²) >= 11 is 0. The molecule has 2 atom stereocenters. The summed E-state index contributed by atoms with van der Waals surface area (Å²) in [4.78, 5) is 47.4. The van der Waals surface area contributed by atoms with Crippen molar-refractivity contribution in [2.75, 3.05) is 13.1 Å². The topological polar surface area (TPSA) is 95.2 Å². The molecule has 2 aromatic rings. The molecule has 7 nitrogen and oxygen atoms in total. The Morgan fingerprint density at radius 3 is 2.49 bits per heavy atom. The zero-order chi connectivity index (χ0) is 25.5. The van der Waals surface area contributed by atoms with Gasteiger partial charge in [-0.15, -0.1) is 0 Å². The van der Waals surface area contributed by atoms with Gasteiger partial charge in [-0.25, -0.2) is 13.8 Å². The van der Waals surface area contributed by atoms with Gasteiger partial charge in [0.2, 0.25) is 11.8 Å². The van der Waals surface area contributed by atoms with Crippen LogP contribution in [0.15, 0.2) is 24.4 Å². The Kier molecular flexibility index (Phi) is 9.12. The van der Waals surface area contributed by atoms with Crippen molar-refractivity contribution in [3.05, 3.63) is 41.9 Å². The standard InChI is InChI=1S/C26H34F2N4O3/c1-16(2)6-9-24(34)30-21(14-25(35)32-10-4-5-11-32)23(33)12-17(3)26-29-15-22(31-26)19-8-7-18(27)13-20(19)28/h7-8,13,15-17,21H,4-6,9-12,14H2,1-3H3,(H,29,31)(H,30,34)/t17-,21+/m1/s1. The lowest BCUT2D eigenvalue weighted by Gasteiger charge is -2.22. The predicted molar refractivity (Wildman–Crippen MR) is 128 cm³/mol. The number of rotatable bonds is 11. The van der Waals surface area contributed by atoms with Crippen LogP contribution in [0.25, 0.3) is 11.3 Å². The molecule has 0 spiro atoms. The monoisotopic (exact) mass is 488 g/mol. The number of nitrogens with zero attached hydrogens (tertiary/aromatic N) is 2. The van der Waals surface area contributed by atoms with Crippen LogP contribution >= 0.6 is 0 Å². The smallest absolute Gasteiger partial charge is 0.225 e. The van der Waals surface area contributed by atoms with Crippen molar-refractivity contribution in [1.29, 1.82) is 0 Å². The largest absolute Gasteiger partial charge is 0.346 e. The summed E-state index contributed by atoms with van der Waals surface area (Å²) in [6, 6.07) is 2.38. The Hall–Kier alpha value is -3.10. The minimum Gasteiger partial charge on any atom is -0.346 e. The molecule has 1 fully saturated rings. The van der Waals surface area contributed by atoms with Gasteiger partial charge >= 0.3 is 0 Å². The van der Waals surface area contributed by atoms with Gasteiger partial charge in [0.1, 0.15) is 17.5 Å². The van der Waals surface area contributed by atoms with Crippen LogP contribution in [0, 0.1) is 17.6 Å². The van der Waals surface area contributed by atoms with E-state index in [-0.39, 0.29) is 41.9 Å². The van der Waals surface area contributed by atoms with Crippen LogP contribution in [0.4, 0.5) is 8.78 Å². The number of imidazole rings is 1. The van der Waals surface area contributed by atoms with Crippen molar-refractivity contribution in [1.82, 2.24) is 20.2 Å². The number of aromatic amines is 1. The second-order valence-electron chi connectivity index (χ2n) is 9.72. The van der Waals surface area contributed by atoms with E-state index in [1.165, 1.54) is 12.3 Å². The minimum absolute atomic E-state index is 0.0429. The van der Waals surface area contributed by atoms with Gasteiger partial charge in [-0.2, -0.15) is 0 Å². The van der Waals surface area contributed by atoms with Crippen LogP contribution in [-0.2, 0) is 14.4 Å². The average Bonchev–Trinajstić information content (AvgIpc) is 3.50. The second kappa shape index (κ2) is 12.0. The lowest BCUT2D eigenvalue weighted by atomic mass is 9.97. The molecule has 9 heteroatoms. The fourth-order valence-corrected chi connectivity index (χ4v) is 4.17. The first kappa shape index (κ1) is 26.5. The molecule has 3 rings (SSSR count). The summed E-state index contributed by atoms with van der Waals surface area (Å²) in [6.45, 7) is 7.18. The first-order chi connectivity index (χ1) is 16.6. The third kappa shape index (κ3) is 7.44. The van der Waals surface area contributed by atoms with Crippen LogP contribution < -0.4 is 5.32 Å². The average molecular weight is 489 g/mol. The molecule has 190 valence electrons. The molecule has 1 saturated heterocycles. The lowest BCUT2D eigenvalue weighted by molar-refractivity contribution is -0.135. The van der Waals surface area contributed by atoms with E-state index in [0.29, 0.717) is 43.4 Å². The number of halogens is 2. The van der Waals surface area contributed by atoms with Crippen LogP contribution in [0.5, 0.6) is 0 Å². The van der Waals surface area contributed by atoms with Gasteiger partial charge in [0.05, 0.1) is 24.4 Å². The third-order valence-electron chi connectivity index (χ3n) is 6.30. The molecule has 0 bridgehead atoms. The third-order valence-corrected chi connectivity index (χ3v) is 6.30. The summed E-state index contributed by atoms with van der Waals surface area (Å²) in [6.07, 6.45) is 4.28. The van der Waals surface area contributed by atoms with E-state index < -0.39 is 17.7 Å². The Balaban J connectivity index is 1.68. The van der Waals surface area contributed by atoms with Crippen LogP contribution in [-0.4, -0.2) is 51.6 Å². The Morgan fingerprint density at radius 2 is 1.83 bits per heavy atom. The number of hydrogen-bond donors (Lipinski definition) is 2. The summed E-state index contributed by atoms with van der Waals surface area (Å²) in [7, 11) is 0. The van der Waals surface area contributed by atoms with E-state index in [4.69, 9.17) is 0 Å². The molecule has 0 radical (unpaired) electrons. The molecular formula is C26H34F2N4O3. The second-order valence-corrected chi connectivity index (χ2v) is 9.72. The van der Waals surface area contributed by atoms with E-state index in [9.17, 15) is 23.2 Å². The van der Waals surface area contributed by atoms with Crippen molar-refractivity contribution in [3.63, 3.8) is 0 Å². The number of hydrogen-bond acceptors (Lipinski definition) is 4. The number of H-pyrrole nitrogens is 1. The number of amides is 2. The van der Waals surface area contributed by atoms with Crippen molar-refractivity contribution in [2.45, 2.75) is 71.3 Å². The Labute approximate surface area is 204 Å². The van der Waals surface area contributed by atoms with Crippen molar-refractivity contribution in [3.8, 4) is 11.3 Å². The van der Waals surface area contributed by atoms with E-state index >= 15 is 0 Å². The number of ketones is 1. The molecule has 1 aliphatic rings. The Bertz CT molecular complexity index is 1050. The van der Waals surface area contributed by atoms with Gasteiger partial charge in [0, 0.05) is 43.5 Å². The van der Waals surface area contributed by atoms with Gasteiger partial charge in [0.15, 0.2) is 5.78 Å². The molecule has 0 unspecified atom stereocenters. The van der Waals surface area contributed by atoms with E-state index in [0.717, 1.165) is 25.0 Å². The van der Waals surface area contributed by atoms with Gasteiger partial charge < -0.3 is 15.2 Å². The highest BCUT2D eigenvalue weighted by Crippen LogP contribution is 2.25. The van der Waals surface area contributed by atoms with E-state index in [1.807, 2.05) is 13.8 Å². The van der Waals surface area contributed by atoms with Crippen LogP contribution in [0.2, 0.25) is 0 Å². The van der Waals surface area contributed by atoms with Gasteiger partial charge in [-0.05, 0) is 37.3 Å². The molecule has 0 aliphatic carbocycles. The number of Topliss-reactive ketones (excluding diaryl/α,β-unsaturated/α-hetero) is 1. The van der Waals surface area contributed by atoms with Gasteiger partial charge in [-0.1, -0.05) is 20.8 Å². The number of carbonyl (C=O) groups is 3. The highest BCUT2D eigenvalue weighted by Gasteiger charge is 2.29. The highest BCUT2D eigenvalue weighted by molar-refractivity contribution is 5.93. The predicted octanol–water partition coefficient (Wildman–Crippen LogP) is 4.35. The molecule has 1 aromatic carbocycles. The van der Waals surface area contributed by atoms with Gasteiger partial charge in [0.25, 0.3) is 0 Å². The first-order valence-corrected chi connectivity index (χ1v) is 12.2. The Morgan fingerprint density at radius 1 is 1.11 bits per heavy atom. The van der Waals surface area contributed by atoms with Gasteiger partial charge in [-0.3, -0.25) is 14.4 Å². The SMILES string of the molecule is CC(C)CCC(=O)N[C@@H](CC(=O)N1CCCC1)C(=O)C[C@@H](C)c1ncc(-c2ccc(F)cc2F)[nH]1. The molecule has 35 heavy (non-hydrogen) atoms. The molecule has 1 aromatic heterocycles. The molecule has 2 N–H and O–H groups in total. The summed E-state index contributed by atoms with van der Waals surface area (Å²) in [5.74, 6) is -1.57. The zero-order valence-corrected chi connectivity index (χ0v) is 20.6. The summed E-state index contributed by atoms with van der Waals surface area (Å²) < 4.78 is 27.4. The van der Waals surface area contributed by atoms with Crippen molar-refractivity contribution in [2.24, 2.45) is 5.92 Å². The number of nitrogens with one attached hydrogen (secondary N) is 2. The molecule has 1 aliphatic heterocycles.